The van der Waals surface area contributed by atoms with Crippen LogP contribution in [0.5, 0.6) is 0 Å². The molecule has 1 heterocycles. The Morgan fingerprint density at radius 2 is 1.95 bits per heavy atom. The summed E-state index contributed by atoms with van der Waals surface area (Å²) >= 11 is 7.06. The van der Waals surface area contributed by atoms with Gasteiger partial charge in [0.2, 0.25) is 0 Å². The highest BCUT2D eigenvalue weighted by Crippen LogP contribution is 2.33. The molecule has 4 nitrogen and oxygen atoms in total. The molecule has 2 aromatic carbocycles. The van der Waals surface area contributed by atoms with Crippen LogP contribution < -0.4 is 5.32 Å². The number of aromatic nitrogens is 2. The summed E-state index contributed by atoms with van der Waals surface area (Å²) in [6.45, 7) is 0. The second kappa shape index (κ2) is 5.24. The summed E-state index contributed by atoms with van der Waals surface area (Å²) in [6, 6.07) is 7.30. The first-order chi connectivity index (χ1) is 10.1. The second-order valence-corrected chi connectivity index (χ2v) is 5.02. The molecule has 0 fully saturated rings. The lowest BCUT2D eigenvalue weighted by Gasteiger charge is -2.10. The van der Waals surface area contributed by atoms with Crippen molar-refractivity contribution in [2.24, 2.45) is 0 Å². The Bertz CT molecular complexity index is 888. The molecule has 1 N–H and O–H groups in total. The van der Waals surface area contributed by atoms with Crippen molar-refractivity contribution < 1.29 is 8.78 Å². The lowest BCUT2D eigenvalue weighted by Crippen LogP contribution is -1.99. The Labute approximate surface area is 126 Å². The molecule has 21 heavy (non-hydrogen) atoms. The Balaban J connectivity index is 2.11. The van der Waals surface area contributed by atoms with Crippen molar-refractivity contribution >= 4 is 45.7 Å². The molecule has 1 aromatic heterocycles. The van der Waals surface area contributed by atoms with E-state index in [2.05, 4.69) is 14.1 Å². The number of fused-ring (bicyclic) bond motifs is 1. The molecular weight excluding hydrogens is 318 g/mol. The van der Waals surface area contributed by atoms with E-state index in [1.165, 1.54) is 12.1 Å². The normalized spacial score (nSPS) is 10.6. The third-order valence-electron chi connectivity index (χ3n) is 2.84. The average molecular weight is 323 g/mol. The van der Waals surface area contributed by atoms with Crippen LogP contribution in [0, 0.1) is 23.0 Å². The highest BCUT2D eigenvalue weighted by molar-refractivity contribution is 7.00. The smallest absolute Gasteiger partial charge is 0.183 e. The van der Waals surface area contributed by atoms with Gasteiger partial charge in [-0.2, -0.15) is 14.0 Å². The van der Waals surface area contributed by atoms with Crippen LogP contribution in [0.3, 0.4) is 0 Å². The molecule has 0 aliphatic carbocycles. The molecule has 0 radical (unpaired) electrons. The molecule has 3 rings (SSSR count). The van der Waals surface area contributed by atoms with Crippen molar-refractivity contribution in [3.05, 3.63) is 46.5 Å². The van der Waals surface area contributed by atoms with E-state index in [1.54, 1.807) is 18.2 Å². The van der Waals surface area contributed by atoms with E-state index in [1.807, 2.05) is 0 Å². The van der Waals surface area contributed by atoms with Gasteiger partial charge in [-0.3, -0.25) is 0 Å². The fourth-order valence-corrected chi connectivity index (χ4v) is 2.56. The number of nitrogens with zero attached hydrogens (tertiary/aromatic N) is 3. The fourth-order valence-electron chi connectivity index (χ4n) is 1.81. The fraction of sp³-hybridized carbons (Fsp3) is 0. The Kier molecular flexibility index (Phi) is 3.41. The van der Waals surface area contributed by atoms with E-state index in [0.29, 0.717) is 21.7 Å². The minimum absolute atomic E-state index is 0.131. The monoisotopic (exact) mass is 322 g/mol. The van der Waals surface area contributed by atoms with Crippen molar-refractivity contribution in [2.45, 2.75) is 0 Å². The number of hydrogen-bond acceptors (Lipinski definition) is 5. The first-order valence-corrected chi connectivity index (χ1v) is 6.78. The molecule has 0 saturated carbocycles. The molecule has 0 aliphatic heterocycles. The Hall–Kier alpha value is -2.30. The number of halogens is 3. The molecule has 104 valence electrons. The van der Waals surface area contributed by atoms with Crippen LogP contribution in [0.2, 0.25) is 5.02 Å². The zero-order valence-electron chi connectivity index (χ0n) is 10.2. The van der Waals surface area contributed by atoms with Gasteiger partial charge in [-0.25, -0.2) is 8.78 Å². The van der Waals surface area contributed by atoms with Gasteiger partial charge in [-0.15, -0.1) is 0 Å². The zero-order valence-corrected chi connectivity index (χ0v) is 11.8. The molecule has 0 bridgehead atoms. The van der Waals surface area contributed by atoms with Crippen molar-refractivity contribution in [1.82, 2.24) is 8.75 Å². The van der Waals surface area contributed by atoms with Crippen molar-refractivity contribution in [3.8, 4) is 6.07 Å². The zero-order chi connectivity index (χ0) is 15.0. The third-order valence-corrected chi connectivity index (χ3v) is 3.70. The second-order valence-electron chi connectivity index (χ2n) is 4.08. The van der Waals surface area contributed by atoms with Gasteiger partial charge < -0.3 is 5.32 Å². The molecule has 0 saturated heterocycles. The van der Waals surface area contributed by atoms with Gasteiger partial charge >= 0.3 is 0 Å². The third kappa shape index (κ3) is 2.28. The van der Waals surface area contributed by atoms with Gasteiger partial charge in [-0.1, -0.05) is 11.6 Å². The molecule has 0 aliphatic rings. The van der Waals surface area contributed by atoms with Crippen LogP contribution >= 0.6 is 23.3 Å². The molecule has 0 unspecified atom stereocenters. The summed E-state index contributed by atoms with van der Waals surface area (Å²) < 4.78 is 35.7. The summed E-state index contributed by atoms with van der Waals surface area (Å²) in [5.41, 5.74) is 0.913. The number of nitriles is 1. The van der Waals surface area contributed by atoms with E-state index < -0.39 is 11.6 Å². The van der Waals surface area contributed by atoms with Crippen molar-refractivity contribution in [1.29, 1.82) is 5.26 Å². The topological polar surface area (TPSA) is 61.6 Å². The molecular formula is C13H5ClF2N4S. The maximum absolute atomic E-state index is 13.9. The summed E-state index contributed by atoms with van der Waals surface area (Å²) in [5, 5.41) is 11.7. The number of hydrogen-bond donors (Lipinski definition) is 1. The van der Waals surface area contributed by atoms with E-state index in [4.69, 9.17) is 16.9 Å². The lowest BCUT2D eigenvalue weighted by atomic mass is 10.2. The Morgan fingerprint density at radius 1 is 1.14 bits per heavy atom. The number of rotatable bonds is 2. The average Bonchev–Trinajstić information content (AvgIpc) is 2.95. The summed E-state index contributed by atoms with van der Waals surface area (Å²) in [5.74, 6) is -2.35. The largest absolute Gasteiger partial charge is 0.350 e. The number of nitrogens with one attached hydrogen (secondary N) is 1. The van der Waals surface area contributed by atoms with Gasteiger partial charge in [0, 0.05) is 0 Å². The minimum atomic E-state index is -1.21. The standard InChI is InChI=1S/C13H5ClF2N4S/c14-7-2-4-9-13(20-21-19-9)12(7)18-8-3-1-6(5-17)10(15)11(8)16/h1-4,18H. The molecule has 0 atom stereocenters. The van der Waals surface area contributed by atoms with Crippen molar-refractivity contribution in [2.75, 3.05) is 5.32 Å². The van der Waals surface area contributed by atoms with E-state index in [0.717, 1.165) is 11.7 Å². The van der Waals surface area contributed by atoms with Gasteiger partial charge in [0.1, 0.15) is 17.1 Å². The SMILES string of the molecule is N#Cc1ccc(Nc2c(Cl)ccc3nsnc23)c(F)c1F. The van der Waals surface area contributed by atoms with Crippen LogP contribution in [0.4, 0.5) is 20.2 Å². The molecule has 0 amide bonds. The number of anilines is 2. The van der Waals surface area contributed by atoms with E-state index in [9.17, 15) is 8.78 Å². The van der Waals surface area contributed by atoms with E-state index >= 15 is 0 Å². The highest BCUT2D eigenvalue weighted by atomic mass is 35.5. The van der Waals surface area contributed by atoms with Crippen molar-refractivity contribution in [3.63, 3.8) is 0 Å². The quantitative estimate of drug-likeness (QED) is 0.766. The van der Waals surface area contributed by atoms with Gasteiger partial charge in [-0.05, 0) is 24.3 Å². The Morgan fingerprint density at radius 3 is 2.71 bits per heavy atom. The van der Waals surface area contributed by atoms with Gasteiger partial charge in [0.05, 0.1) is 33.7 Å². The first kappa shape index (κ1) is 13.7. The van der Waals surface area contributed by atoms with Crippen LogP contribution in [-0.2, 0) is 0 Å². The molecule has 0 spiro atoms. The number of benzene rings is 2. The predicted molar refractivity (Wildman–Crippen MR) is 76.8 cm³/mol. The van der Waals surface area contributed by atoms with Crippen LogP contribution in [-0.4, -0.2) is 8.75 Å². The predicted octanol–water partition coefficient (Wildman–Crippen LogP) is 4.24. The minimum Gasteiger partial charge on any atom is -0.350 e. The summed E-state index contributed by atoms with van der Waals surface area (Å²) in [4.78, 5) is 0. The van der Waals surface area contributed by atoms with E-state index in [-0.39, 0.29) is 11.3 Å². The van der Waals surface area contributed by atoms with Gasteiger partial charge in [0.25, 0.3) is 0 Å². The summed E-state index contributed by atoms with van der Waals surface area (Å²) in [6.07, 6.45) is 0. The maximum atomic E-state index is 13.9. The molecule has 3 aromatic rings. The maximum Gasteiger partial charge on any atom is 0.183 e. The summed E-state index contributed by atoms with van der Waals surface area (Å²) in [7, 11) is 0. The lowest BCUT2D eigenvalue weighted by molar-refractivity contribution is 0.509. The van der Waals surface area contributed by atoms with Crippen LogP contribution in [0.15, 0.2) is 24.3 Å². The van der Waals surface area contributed by atoms with Gasteiger partial charge in [0.15, 0.2) is 11.6 Å². The van der Waals surface area contributed by atoms with Crippen LogP contribution in [0.1, 0.15) is 5.56 Å². The first-order valence-electron chi connectivity index (χ1n) is 5.67. The molecule has 8 heteroatoms. The van der Waals surface area contributed by atoms with Crippen LogP contribution in [0.25, 0.3) is 11.0 Å². The highest BCUT2D eigenvalue weighted by Gasteiger charge is 2.16.